The normalized spacial score (nSPS) is 14.5. The van der Waals surface area contributed by atoms with Gasteiger partial charge in [0.05, 0.1) is 11.1 Å². The third-order valence-electron chi connectivity index (χ3n) is 6.59. The molecule has 1 aliphatic rings. The first-order chi connectivity index (χ1) is 18.1. The zero-order valence-corrected chi connectivity index (χ0v) is 22.6. The molecule has 9 nitrogen and oxygen atoms in total. The van der Waals surface area contributed by atoms with Gasteiger partial charge in [-0.1, -0.05) is 28.1 Å². The number of nitrogen functional groups attached to an aromatic ring is 1. The van der Waals surface area contributed by atoms with Gasteiger partial charge in [-0.3, -0.25) is 0 Å². The summed E-state index contributed by atoms with van der Waals surface area (Å²) in [4.78, 5) is 15.6. The molecule has 4 heterocycles. The summed E-state index contributed by atoms with van der Waals surface area (Å²) < 4.78 is 12.6. The number of hydrogen-bond donors (Lipinski definition) is 1. The van der Waals surface area contributed by atoms with Crippen molar-refractivity contribution >= 4 is 38.6 Å². The first-order valence-electron chi connectivity index (χ1n) is 12.6. The number of fused-ring (bicyclic) bond motifs is 1. The second-order valence-corrected chi connectivity index (χ2v) is 9.82. The molecule has 0 spiro atoms. The number of hydrogen-bond acceptors (Lipinski definition) is 9. The molecule has 1 aromatic carbocycles. The second-order valence-electron chi connectivity index (χ2n) is 8.90. The molecular formula is C27H30BrN7O2. The molecule has 10 heteroatoms. The maximum Gasteiger partial charge on any atom is 0.165 e. The molecule has 3 aromatic heterocycles. The third kappa shape index (κ3) is 5.56. The number of benzene rings is 1. The first-order valence-corrected chi connectivity index (χ1v) is 13.4. The van der Waals surface area contributed by atoms with Gasteiger partial charge in [0.15, 0.2) is 17.8 Å². The molecule has 37 heavy (non-hydrogen) atoms. The first kappa shape index (κ1) is 25.4. The summed E-state index contributed by atoms with van der Waals surface area (Å²) in [6.45, 7) is 7.09. The second kappa shape index (κ2) is 11.5. The van der Waals surface area contributed by atoms with Crippen molar-refractivity contribution in [1.82, 2.24) is 25.1 Å². The average molecular weight is 564 g/mol. The van der Waals surface area contributed by atoms with Crippen molar-refractivity contribution < 1.29 is 9.47 Å². The maximum absolute atomic E-state index is 6.23. The summed E-state index contributed by atoms with van der Waals surface area (Å²) in [7, 11) is 0. The van der Waals surface area contributed by atoms with Gasteiger partial charge >= 0.3 is 0 Å². The van der Waals surface area contributed by atoms with Crippen LogP contribution in [0.3, 0.4) is 0 Å². The number of halogens is 1. The molecule has 192 valence electrons. The molecule has 5 rings (SSSR count). The van der Waals surface area contributed by atoms with Crippen LogP contribution in [-0.2, 0) is 9.47 Å². The van der Waals surface area contributed by atoms with E-state index in [2.05, 4.69) is 41.0 Å². The molecule has 2 N–H and O–H groups in total. The van der Waals surface area contributed by atoms with Crippen molar-refractivity contribution in [1.29, 1.82) is 0 Å². The predicted molar refractivity (Wildman–Crippen MR) is 148 cm³/mol. The highest BCUT2D eigenvalue weighted by atomic mass is 79.9. The highest BCUT2D eigenvalue weighted by molar-refractivity contribution is 9.10. The van der Waals surface area contributed by atoms with Crippen LogP contribution in [0.1, 0.15) is 26.7 Å². The van der Waals surface area contributed by atoms with Crippen molar-refractivity contribution in [3.63, 3.8) is 0 Å². The van der Waals surface area contributed by atoms with E-state index in [1.807, 2.05) is 56.3 Å². The van der Waals surface area contributed by atoms with Crippen LogP contribution in [0.25, 0.3) is 33.5 Å². The standard InChI is InChI=1S/C27H30BrN7O2/c1-3-36-27(37-4-2)17-10-12-35(13-11-17)23-9-8-21(33-34-23)22-15-20(18-6-5-7-19(28)14-18)24-25(29)30-16-31-26(24)32-22/h5-9,14-17,27H,3-4,10-13H2,1-2H3,(H2,29,30,31,32). The van der Waals surface area contributed by atoms with E-state index in [1.54, 1.807) is 0 Å². The summed E-state index contributed by atoms with van der Waals surface area (Å²) in [6.07, 6.45) is 3.26. The molecule has 1 saturated heterocycles. The number of piperidine rings is 1. The van der Waals surface area contributed by atoms with Crippen molar-refractivity contribution in [2.75, 3.05) is 36.9 Å². The average Bonchev–Trinajstić information content (AvgIpc) is 2.93. The molecule has 0 amide bonds. The highest BCUT2D eigenvalue weighted by Crippen LogP contribution is 2.34. The monoisotopic (exact) mass is 563 g/mol. The lowest BCUT2D eigenvalue weighted by Gasteiger charge is -2.35. The summed E-state index contributed by atoms with van der Waals surface area (Å²) in [5, 5.41) is 9.79. The summed E-state index contributed by atoms with van der Waals surface area (Å²) in [6, 6.07) is 14.0. The molecule has 0 aliphatic carbocycles. The van der Waals surface area contributed by atoms with Crippen LogP contribution in [0.15, 0.2) is 53.3 Å². The van der Waals surface area contributed by atoms with Crippen molar-refractivity contribution in [2.24, 2.45) is 5.92 Å². The third-order valence-corrected chi connectivity index (χ3v) is 7.09. The lowest BCUT2D eigenvalue weighted by atomic mass is 9.96. The van der Waals surface area contributed by atoms with E-state index in [9.17, 15) is 0 Å². The smallest absolute Gasteiger partial charge is 0.165 e. The molecule has 0 unspecified atom stereocenters. The van der Waals surface area contributed by atoms with Gasteiger partial charge in [-0.05, 0) is 68.1 Å². The lowest BCUT2D eigenvalue weighted by Crippen LogP contribution is -2.40. The Balaban J connectivity index is 1.39. The molecule has 1 aliphatic heterocycles. The Hall–Kier alpha value is -3.21. The molecule has 0 saturated carbocycles. The van der Waals surface area contributed by atoms with E-state index >= 15 is 0 Å². The Morgan fingerprint density at radius 1 is 1.00 bits per heavy atom. The highest BCUT2D eigenvalue weighted by Gasteiger charge is 2.28. The molecule has 4 aromatic rings. The van der Waals surface area contributed by atoms with Gasteiger partial charge in [0, 0.05) is 36.7 Å². The fraction of sp³-hybridized carbons (Fsp3) is 0.370. The zero-order valence-electron chi connectivity index (χ0n) is 21.0. The van der Waals surface area contributed by atoms with E-state index in [1.165, 1.54) is 6.33 Å². The number of nitrogens with two attached hydrogens (primary N) is 1. The van der Waals surface area contributed by atoms with Crippen LogP contribution >= 0.6 is 15.9 Å². The zero-order chi connectivity index (χ0) is 25.8. The van der Waals surface area contributed by atoms with Gasteiger partial charge in [-0.2, -0.15) is 0 Å². The summed E-state index contributed by atoms with van der Waals surface area (Å²) in [5.41, 5.74) is 9.97. The Kier molecular flexibility index (Phi) is 7.87. The molecule has 0 bridgehead atoms. The topological polar surface area (TPSA) is 112 Å². The minimum absolute atomic E-state index is 0.137. The van der Waals surface area contributed by atoms with Crippen LogP contribution in [0.4, 0.5) is 11.6 Å². The van der Waals surface area contributed by atoms with Gasteiger partial charge in [0.2, 0.25) is 0 Å². The van der Waals surface area contributed by atoms with Crippen LogP contribution in [-0.4, -0.2) is 57.7 Å². The van der Waals surface area contributed by atoms with Gasteiger partial charge < -0.3 is 20.1 Å². The van der Waals surface area contributed by atoms with E-state index in [4.69, 9.17) is 20.2 Å². The Bertz CT molecular complexity index is 1350. The number of aromatic nitrogens is 5. The molecule has 1 fully saturated rings. The van der Waals surface area contributed by atoms with Crippen LogP contribution in [0, 0.1) is 5.92 Å². The van der Waals surface area contributed by atoms with Crippen molar-refractivity contribution in [3.05, 3.63) is 53.3 Å². The Morgan fingerprint density at radius 2 is 1.78 bits per heavy atom. The number of nitrogens with zero attached hydrogens (tertiary/aromatic N) is 6. The van der Waals surface area contributed by atoms with E-state index in [0.29, 0.717) is 47.4 Å². The lowest BCUT2D eigenvalue weighted by molar-refractivity contribution is -0.170. The molecular weight excluding hydrogens is 534 g/mol. The van der Waals surface area contributed by atoms with Crippen LogP contribution in [0.5, 0.6) is 0 Å². The predicted octanol–water partition coefficient (Wildman–Crippen LogP) is 5.11. The van der Waals surface area contributed by atoms with Gasteiger partial charge in [0.1, 0.15) is 17.8 Å². The maximum atomic E-state index is 6.23. The minimum Gasteiger partial charge on any atom is -0.383 e. The van der Waals surface area contributed by atoms with Gasteiger partial charge in [-0.15, -0.1) is 10.2 Å². The van der Waals surface area contributed by atoms with Crippen LogP contribution < -0.4 is 10.6 Å². The largest absolute Gasteiger partial charge is 0.383 e. The number of rotatable bonds is 8. The fourth-order valence-corrected chi connectivity index (χ4v) is 5.18. The van der Waals surface area contributed by atoms with Gasteiger partial charge in [0.25, 0.3) is 0 Å². The molecule has 0 radical (unpaired) electrons. The number of pyridine rings is 1. The number of anilines is 2. The van der Waals surface area contributed by atoms with Crippen molar-refractivity contribution in [3.8, 4) is 22.5 Å². The van der Waals surface area contributed by atoms with Crippen molar-refractivity contribution in [2.45, 2.75) is 33.0 Å². The Labute approximate surface area is 224 Å². The fourth-order valence-electron chi connectivity index (χ4n) is 4.78. The van der Waals surface area contributed by atoms with Crippen LogP contribution in [0.2, 0.25) is 0 Å². The molecule has 0 atom stereocenters. The minimum atomic E-state index is -0.137. The summed E-state index contributed by atoms with van der Waals surface area (Å²) >= 11 is 3.56. The SMILES string of the molecule is CCOC(OCC)C1CCN(c2ccc(-c3cc(-c4cccc(Br)c4)c4c(N)ncnc4n3)nn2)CC1. The van der Waals surface area contributed by atoms with E-state index in [0.717, 1.165) is 47.3 Å². The quantitative estimate of drug-likeness (QED) is 0.292. The Morgan fingerprint density at radius 3 is 2.46 bits per heavy atom. The number of ether oxygens (including phenoxy) is 2. The van der Waals surface area contributed by atoms with Gasteiger partial charge in [-0.25, -0.2) is 15.0 Å². The van der Waals surface area contributed by atoms with E-state index in [-0.39, 0.29) is 6.29 Å². The summed E-state index contributed by atoms with van der Waals surface area (Å²) in [5.74, 6) is 1.63. The van der Waals surface area contributed by atoms with E-state index < -0.39 is 0 Å².